The van der Waals surface area contributed by atoms with Crippen LogP contribution in [0.1, 0.15) is 92.3 Å². The number of rotatable bonds is 13. The summed E-state index contributed by atoms with van der Waals surface area (Å²) >= 11 is 0. The van der Waals surface area contributed by atoms with Gasteiger partial charge in [-0.05, 0) is 49.1 Å². The summed E-state index contributed by atoms with van der Waals surface area (Å²) in [6.07, 6.45) is 11.5. The van der Waals surface area contributed by atoms with Gasteiger partial charge in [-0.3, -0.25) is 0 Å². The molecule has 0 radical (unpaired) electrons. The molecule has 194 valence electrons. The molecule has 1 atom stereocenters. The molecule has 0 bridgehead atoms. The molecule has 5 heteroatoms. The van der Waals surface area contributed by atoms with Gasteiger partial charge in [0.2, 0.25) is 0 Å². The van der Waals surface area contributed by atoms with Crippen molar-refractivity contribution in [2.45, 2.75) is 77.8 Å². The van der Waals surface area contributed by atoms with E-state index in [0.717, 1.165) is 48.8 Å². The second-order valence-electron chi connectivity index (χ2n) is 9.32. The van der Waals surface area contributed by atoms with Gasteiger partial charge in [0.15, 0.2) is 5.82 Å². The number of halogens is 1. The maximum absolute atomic E-state index is 13.9. The van der Waals surface area contributed by atoms with E-state index >= 15 is 0 Å². The van der Waals surface area contributed by atoms with Gasteiger partial charge in [-0.25, -0.2) is 19.2 Å². The van der Waals surface area contributed by atoms with E-state index in [1.807, 2.05) is 0 Å². The van der Waals surface area contributed by atoms with Gasteiger partial charge in [0.1, 0.15) is 12.8 Å². The van der Waals surface area contributed by atoms with Crippen molar-refractivity contribution >= 4 is 5.97 Å². The van der Waals surface area contributed by atoms with Gasteiger partial charge in [0.25, 0.3) is 0 Å². The Hall–Kier alpha value is -3.52. The molecule has 0 saturated carbocycles. The fourth-order valence-electron chi connectivity index (χ4n) is 3.90. The molecule has 2 aromatic carbocycles. The Kier molecular flexibility index (Phi) is 11.8. The van der Waals surface area contributed by atoms with E-state index in [9.17, 15) is 9.18 Å². The number of benzene rings is 2. The van der Waals surface area contributed by atoms with Gasteiger partial charge >= 0.3 is 5.97 Å². The number of unbranched alkanes of at least 4 members (excludes halogenated alkanes) is 5. The van der Waals surface area contributed by atoms with Crippen LogP contribution in [0.3, 0.4) is 0 Å². The molecule has 0 aliphatic carbocycles. The van der Waals surface area contributed by atoms with Crippen LogP contribution in [0.4, 0.5) is 4.39 Å². The zero-order valence-corrected chi connectivity index (χ0v) is 22.0. The minimum absolute atomic E-state index is 0.207. The van der Waals surface area contributed by atoms with Crippen LogP contribution in [-0.2, 0) is 11.2 Å². The molecule has 0 unspecified atom stereocenters. The zero-order valence-electron chi connectivity index (χ0n) is 22.0. The van der Waals surface area contributed by atoms with Gasteiger partial charge < -0.3 is 4.74 Å². The summed E-state index contributed by atoms with van der Waals surface area (Å²) in [4.78, 5) is 21.1. The monoisotopic (exact) mass is 500 g/mol. The first-order chi connectivity index (χ1) is 18.1. The Morgan fingerprint density at radius 3 is 2.16 bits per heavy atom. The van der Waals surface area contributed by atoms with E-state index in [-0.39, 0.29) is 6.61 Å². The lowest BCUT2D eigenvalue weighted by molar-refractivity contribution is 0.0389. The first-order valence-corrected chi connectivity index (χ1v) is 13.4. The van der Waals surface area contributed by atoms with Crippen molar-refractivity contribution in [3.05, 3.63) is 83.2 Å². The van der Waals surface area contributed by atoms with Crippen molar-refractivity contribution < 1.29 is 13.9 Å². The van der Waals surface area contributed by atoms with E-state index < -0.39 is 12.1 Å². The number of carbonyl (C=O) groups is 1. The number of ether oxygens (including phenoxy) is 1. The van der Waals surface area contributed by atoms with E-state index in [1.165, 1.54) is 24.8 Å². The second kappa shape index (κ2) is 15.6. The standard InChI is InChI=1S/C32H37FN2O2/c1-3-5-7-9-11-30(33)24-37-32(36)29-20-18-28(19-21-29)31-34-22-27(23-35-31)17-16-26-14-12-25(13-15-26)10-8-6-4-2/h12-15,18-23,30H,3-11,24H2,1-2H3/t30-/m0/s1. The van der Waals surface area contributed by atoms with Crippen molar-refractivity contribution in [2.24, 2.45) is 0 Å². The van der Waals surface area contributed by atoms with E-state index in [4.69, 9.17) is 4.74 Å². The highest BCUT2D eigenvalue weighted by Crippen LogP contribution is 2.17. The molecule has 0 fully saturated rings. The number of hydrogen-bond donors (Lipinski definition) is 0. The average molecular weight is 501 g/mol. The fraction of sp³-hybridized carbons (Fsp3) is 0.406. The third-order valence-corrected chi connectivity index (χ3v) is 6.17. The van der Waals surface area contributed by atoms with E-state index in [2.05, 4.69) is 59.9 Å². The first-order valence-electron chi connectivity index (χ1n) is 13.4. The van der Waals surface area contributed by atoms with Crippen LogP contribution in [0.5, 0.6) is 0 Å². The lowest BCUT2D eigenvalue weighted by atomic mass is 10.1. The fourth-order valence-corrected chi connectivity index (χ4v) is 3.90. The van der Waals surface area contributed by atoms with Gasteiger partial charge in [0.05, 0.1) is 11.1 Å². The number of aryl methyl sites for hydroxylation is 1. The predicted molar refractivity (Wildman–Crippen MR) is 147 cm³/mol. The van der Waals surface area contributed by atoms with Crippen LogP contribution in [0, 0.1) is 11.8 Å². The molecule has 0 amide bonds. The molecule has 0 aliphatic heterocycles. The number of esters is 1. The van der Waals surface area contributed by atoms with Crippen LogP contribution in [-0.4, -0.2) is 28.7 Å². The largest absolute Gasteiger partial charge is 0.459 e. The highest BCUT2D eigenvalue weighted by Gasteiger charge is 2.13. The molecule has 1 heterocycles. The van der Waals surface area contributed by atoms with Crippen LogP contribution in [0.25, 0.3) is 11.4 Å². The Labute approximate surface area is 220 Å². The second-order valence-corrected chi connectivity index (χ2v) is 9.32. The average Bonchev–Trinajstić information content (AvgIpc) is 2.94. The summed E-state index contributed by atoms with van der Waals surface area (Å²) in [5, 5.41) is 0. The van der Waals surface area contributed by atoms with Crippen molar-refractivity contribution in [3.63, 3.8) is 0 Å². The molecule has 0 saturated heterocycles. The van der Waals surface area contributed by atoms with E-state index in [1.54, 1.807) is 36.7 Å². The zero-order chi connectivity index (χ0) is 26.3. The summed E-state index contributed by atoms with van der Waals surface area (Å²) in [5.41, 5.74) is 4.18. The Balaban J connectivity index is 1.50. The summed E-state index contributed by atoms with van der Waals surface area (Å²) in [7, 11) is 0. The summed E-state index contributed by atoms with van der Waals surface area (Å²) in [6, 6.07) is 15.2. The molecule has 0 aliphatic rings. The van der Waals surface area contributed by atoms with Crippen LogP contribution in [0.15, 0.2) is 60.9 Å². The Morgan fingerprint density at radius 2 is 1.49 bits per heavy atom. The third kappa shape index (κ3) is 9.80. The SMILES string of the molecule is CCCCCC[C@H](F)COC(=O)c1ccc(-c2ncc(C#Cc3ccc(CCCCC)cc3)cn2)cc1. The number of nitrogens with zero attached hydrogens (tertiary/aromatic N) is 2. The molecule has 4 nitrogen and oxygen atoms in total. The molecule has 0 N–H and O–H groups in total. The number of alkyl halides is 1. The molecule has 3 aromatic rings. The summed E-state index contributed by atoms with van der Waals surface area (Å²) in [5.74, 6) is 6.29. The third-order valence-electron chi connectivity index (χ3n) is 6.17. The number of aromatic nitrogens is 2. The van der Waals surface area contributed by atoms with Gasteiger partial charge in [-0.1, -0.05) is 88.5 Å². The highest BCUT2D eigenvalue weighted by atomic mass is 19.1. The van der Waals surface area contributed by atoms with Gasteiger partial charge in [-0.2, -0.15) is 0 Å². The molecule has 37 heavy (non-hydrogen) atoms. The maximum atomic E-state index is 13.9. The number of hydrogen-bond acceptors (Lipinski definition) is 4. The quantitative estimate of drug-likeness (QED) is 0.137. The van der Waals surface area contributed by atoms with Crippen molar-refractivity contribution in [2.75, 3.05) is 6.61 Å². The van der Waals surface area contributed by atoms with Crippen LogP contribution >= 0.6 is 0 Å². The molecule has 3 rings (SSSR count). The van der Waals surface area contributed by atoms with Crippen LogP contribution in [0.2, 0.25) is 0 Å². The highest BCUT2D eigenvalue weighted by molar-refractivity contribution is 5.89. The van der Waals surface area contributed by atoms with Crippen molar-refractivity contribution in [1.82, 2.24) is 9.97 Å². The Morgan fingerprint density at radius 1 is 0.838 bits per heavy atom. The lowest BCUT2D eigenvalue weighted by Gasteiger charge is -2.09. The minimum Gasteiger partial charge on any atom is -0.459 e. The maximum Gasteiger partial charge on any atom is 0.338 e. The Bertz CT molecular complexity index is 1150. The molecular weight excluding hydrogens is 463 g/mol. The van der Waals surface area contributed by atoms with Crippen LogP contribution < -0.4 is 0 Å². The smallest absolute Gasteiger partial charge is 0.338 e. The summed E-state index contributed by atoms with van der Waals surface area (Å²) in [6.45, 7) is 4.12. The van der Waals surface area contributed by atoms with Gasteiger partial charge in [0, 0.05) is 23.5 Å². The molecular formula is C32H37FN2O2. The molecule has 0 spiro atoms. The van der Waals surface area contributed by atoms with Gasteiger partial charge in [-0.15, -0.1) is 0 Å². The normalized spacial score (nSPS) is 11.4. The van der Waals surface area contributed by atoms with Crippen molar-refractivity contribution in [1.29, 1.82) is 0 Å². The van der Waals surface area contributed by atoms with E-state index in [0.29, 0.717) is 17.8 Å². The number of carbonyl (C=O) groups excluding carboxylic acids is 1. The predicted octanol–water partition coefficient (Wildman–Crippen LogP) is 7.74. The first kappa shape index (κ1) is 28.1. The lowest BCUT2D eigenvalue weighted by Crippen LogP contribution is -2.15. The molecule has 1 aromatic heterocycles. The topological polar surface area (TPSA) is 52.1 Å². The minimum atomic E-state index is -1.12. The van der Waals surface area contributed by atoms with Crippen molar-refractivity contribution in [3.8, 4) is 23.2 Å². The summed E-state index contributed by atoms with van der Waals surface area (Å²) < 4.78 is 19.1.